The third kappa shape index (κ3) is 2.47. The lowest BCUT2D eigenvalue weighted by Gasteiger charge is -2.23. The summed E-state index contributed by atoms with van der Waals surface area (Å²) in [7, 11) is 0. The van der Waals surface area contributed by atoms with Gasteiger partial charge in [0.25, 0.3) is 5.91 Å². The number of aliphatic hydroxyl groups is 1. The van der Waals surface area contributed by atoms with Crippen LogP contribution >= 0.6 is 0 Å². The van der Waals surface area contributed by atoms with Crippen LogP contribution in [-0.2, 0) is 0 Å². The molecule has 1 N–H and O–H groups in total. The van der Waals surface area contributed by atoms with Gasteiger partial charge in [-0.2, -0.15) is 0 Å². The zero-order valence-corrected chi connectivity index (χ0v) is 9.82. The van der Waals surface area contributed by atoms with Crippen molar-refractivity contribution in [1.82, 2.24) is 4.90 Å². The molecule has 1 aromatic rings. The van der Waals surface area contributed by atoms with E-state index in [2.05, 4.69) is 0 Å². The molecule has 0 bridgehead atoms. The number of halogens is 1. The van der Waals surface area contributed by atoms with Crippen LogP contribution in [0.4, 0.5) is 4.39 Å². The minimum absolute atomic E-state index is 0.0277. The summed E-state index contributed by atoms with van der Waals surface area (Å²) in [5, 5.41) is 9.17. The maximum Gasteiger partial charge on any atom is 0.254 e. The van der Waals surface area contributed by atoms with Crippen LogP contribution in [0.2, 0.25) is 0 Å². The van der Waals surface area contributed by atoms with Gasteiger partial charge in [-0.1, -0.05) is 0 Å². The Morgan fingerprint density at radius 3 is 2.94 bits per heavy atom. The van der Waals surface area contributed by atoms with Crippen LogP contribution in [0.15, 0.2) is 18.2 Å². The quantitative estimate of drug-likeness (QED) is 0.851. The minimum Gasteiger partial charge on any atom is -0.394 e. The number of amides is 1. The second-order valence-electron chi connectivity index (χ2n) is 4.49. The number of nitrogens with zero attached hydrogens (tertiary/aromatic N) is 1. The van der Waals surface area contributed by atoms with Gasteiger partial charge in [-0.15, -0.1) is 0 Å². The van der Waals surface area contributed by atoms with Gasteiger partial charge in [0.05, 0.1) is 12.6 Å². The first kappa shape index (κ1) is 12.0. The Bertz CT molecular complexity index is 413. The Labute approximate surface area is 99.9 Å². The highest BCUT2D eigenvalue weighted by Crippen LogP contribution is 2.20. The van der Waals surface area contributed by atoms with E-state index >= 15 is 0 Å². The van der Waals surface area contributed by atoms with Crippen molar-refractivity contribution in [2.24, 2.45) is 0 Å². The molecule has 0 aromatic heterocycles. The highest BCUT2D eigenvalue weighted by molar-refractivity contribution is 5.94. The van der Waals surface area contributed by atoms with Crippen LogP contribution < -0.4 is 0 Å². The molecule has 4 heteroatoms. The number of aryl methyl sites for hydroxylation is 1. The van der Waals surface area contributed by atoms with Crippen molar-refractivity contribution >= 4 is 5.91 Å². The lowest BCUT2D eigenvalue weighted by Crippen LogP contribution is -2.37. The van der Waals surface area contributed by atoms with Crippen molar-refractivity contribution in [2.45, 2.75) is 25.8 Å². The van der Waals surface area contributed by atoms with E-state index in [4.69, 9.17) is 0 Å². The third-order valence-corrected chi connectivity index (χ3v) is 3.14. The summed E-state index contributed by atoms with van der Waals surface area (Å²) in [4.78, 5) is 13.8. The van der Waals surface area contributed by atoms with E-state index in [0.29, 0.717) is 12.1 Å². The van der Waals surface area contributed by atoms with Crippen molar-refractivity contribution in [1.29, 1.82) is 0 Å². The maximum atomic E-state index is 13.2. The van der Waals surface area contributed by atoms with Gasteiger partial charge in [0.1, 0.15) is 5.82 Å². The van der Waals surface area contributed by atoms with Gasteiger partial charge in [0.15, 0.2) is 0 Å². The molecule has 17 heavy (non-hydrogen) atoms. The highest BCUT2D eigenvalue weighted by Gasteiger charge is 2.28. The molecule has 0 saturated carbocycles. The van der Waals surface area contributed by atoms with E-state index < -0.39 is 5.82 Å². The number of hydrogen-bond donors (Lipinski definition) is 1. The van der Waals surface area contributed by atoms with E-state index in [-0.39, 0.29) is 18.6 Å². The topological polar surface area (TPSA) is 40.5 Å². The molecule has 1 aromatic carbocycles. The normalized spacial score (nSPS) is 19.7. The van der Waals surface area contributed by atoms with Crippen LogP contribution in [-0.4, -0.2) is 35.1 Å². The minimum atomic E-state index is -0.395. The summed E-state index contributed by atoms with van der Waals surface area (Å²) in [6, 6.07) is 4.20. The summed E-state index contributed by atoms with van der Waals surface area (Å²) < 4.78 is 13.2. The summed E-state index contributed by atoms with van der Waals surface area (Å²) in [6.07, 6.45) is 1.71. The molecule has 3 nitrogen and oxygen atoms in total. The van der Waals surface area contributed by atoms with Crippen LogP contribution in [0.25, 0.3) is 0 Å². The monoisotopic (exact) mass is 237 g/mol. The first-order chi connectivity index (χ1) is 8.11. The molecule has 1 atom stereocenters. The summed E-state index contributed by atoms with van der Waals surface area (Å²) >= 11 is 0. The van der Waals surface area contributed by atoms with Crippen LogP contribution in [0, 0.1) is 12.7 Å². The molecule has 1 fully saturated rings. The molecule has 92 valence electrons. The summed E-state index contributed by atoms with van der Waals surface area (Å²) in [5.74, 6) is -0.586. The van der Waals surface area contributed by atoms with Gasteiger partial charge < -0.3 is 10.0 Å². The number of hydrogen-bond acceptors (Lipinski definition) is 2. The fraction of sp³-hybridized carbons (Fsp3) is 0.462. The molecule has 1 heterocycles. The van der Waals surface area contributed by atoms with E-state index in [1.165, 1.54) is 12.1 Å². The molecule has 1 saturated heterocycles. The molecule has 0 radical (unpaired) electrons. The first-order valence-electron chi connectivity index (χ1n) is 5.81. The second-order valence-corrected chi connectivity index (χ2v) is 4.49. The van der Waals surface area contributed by atoms with Gasteiger partial charge >= 0.3 is 0 Å². The molecule has 2 rings (SSSR count). The predicted octanol–water partition coefficient (Wildman–Crippen LogP) is 1.73. The molecule has 0 unspecified atom stereocenters. The van der Waals surface area contributed by atoms with Crippen LogP contribution in [0.5, 0.6) is 0 Å². The predicted molar refractivity (Wildman–Crippen MR) is 62.3 cm³/mol. The van der Waals surface area contributed by atoms with Crippen LogP contribution in [0.1, 0.15) is 28.8 Å². The highest BCUT2D eigenvalue weighted by atomic mass is 19.1. The lowest BCUT2D eigenvalue weighted by molar-refractivity contribution is 0.0677. The zero-order valence-electron chi connectivity index (χ0n) is 9.82. The fourth-order valence-electron chi connectivity index (χ4n) is 2.32. The number of rotatable bonds is 2. The lowest BCUT2D eigenvalue weighted by atomic mass is 10.1. The average Bonchev–Trinajstić information content (AvgIpc) is 2.74. The fourth-order valence-corrected chi connectivity index (χ4v) is 2.32. The Morgan fingerprint density at radius 2 is 2.29 bits per heavy atom. The van der Waals surface area contributed by atoms with Gasteiger partial charge in [-0.3, -0.25) is 4.79 Å². The Morgan fingerprint density at radius 1 is 1.53 bits per heavy atom. The summed E-state index contributed by atoms with van der Waals surface area (Å²) in [6.45, 7) is 2.37. The van der Waals surface area contributed by atoms with Gasteiger partial charge in [0.2, 0.25) is 0 Å². The Balaban J connectivity index is 2.24. The average molecular weight is 237 g/mol. The van der Waals surface area contributed by atoms with E-state index in [9.17, 15) is 14.3 Å². The number of carbonyl (C=O) groups excluding carboxylic acids is 1. The van der Waals surface area contributed by atoms with Gasteiger partial charge in [0, 0.05) is 12.1 Å². The SMILES string of the molecule is Cc1cc(F)cc(C(=O)N2CCC[C@H]2CO)c1. The van der Waals surface area contributed by atoms with Crippen molar-refractivity contribution in [3.8, 4) is 0 Å². The van der Waals surface area contributed by atoms with E-state index in [1.807, 2.05) is 0 Å². The Kier molecular flexibility index (Phi) is 3.43. The smallest absolute Gasteiger partial charge is 0.254 e. The van der Waals surface area contributed by atoms with Gasteiger partial charge in [-0.05, 0) is 43.5 Å². The Hall–Kier alpha value is -1.42. The standard InChI is InChI=1S/C13H16FNO2/c1-9-5-10(7-11(14)6-9)13(17)15-4-2-3-12(15)8-16/h5-7,12,16H,2-4,8H2,1H3/t12-/m0/s1. The molecule has 1 aliphatic heterocycles. The maximum absolute atomic E-state index is 13.2. The first-order valence-corrected chi connectivity index (χ1v) is 5.81. The molecular weight excluding hydrogens is 221 g/mol. The molecular formula is C13H16FNO2. The zero-order chi connectivity index (χ0) is 12.4. The van der Waals surface area contributed by atoms with E-state index in [1.54, 1.807) is 17.9 Å². The molecule has 1 aliphatic rings. The number of aliphatic hydroxyl groups excluding tert-OH is 1. The van der Waals surface area contributed by atoms with Gasteiger partial charge in [-0.25, -0.2) is 4.39 Å². The van der Waals surface area contributed by atoms with Crippen molar-refractivity contribution in [3.63, 3.8) is 0 Å². The summed E-state index contributed by atoms with van der Waals surface area (Å²) in [5.41, 5.74) is 1.09. The van der Waals surface area contributed by atoms with Crippen molar-refractivity contribution < 1.29 is 14.3 Å². The van der Waals surface area contributed by atoms with Crippen molar-refractivity contribution in [2.75, 3.05) is 13.2 Å². The second kappa shape index (κ2) is 4.84. The molecule has 0 spiro atoms. The van der Waals surface area contributed by atoms with E-state index in [0.717, 1.165) is 18.4 Å². The molecule has 0 aliphatic carbocycles. The largest absolute Gasteiger partial charge is 0.394 e. The number of benzene rings is 1. The third-order valence-electron chi connectivity index (χ3n) is 3.14. The van der Waals surface area contributed by atoms with Crippen molar-refractivity contribution in [3.05, 3.63) is 35.1 Å². The number of likely N-dealkylation sites (tertiary alicyclic amines) is 1. The van der Waals surface area contributed by atoms with Crippen LogP contribution in [0.3, 0.4) is 0 Å². The molecule has 1 amide bonds. The number of carbonyl (C=O) groups is 1.